The van der Waals surface area contributed by atoms with E-state index in [0.717, 1.165) is 44.9 Å². The standard InChI is InChI=1S/C21H34N4O2S/c1-3-18-17-24(14-11-20(18)19-9-6-5-7-10-19)21(22-4-2)23-12-15-25-13-8-16-28(25,26)27/h5-7,9-10,18,20H,3-4,8,11-17H2,1-2H3,(H,22,23). The lowest BCUT2D eigenvalue weighted by Gasteiger charge is -2.40. The summed E-state index contributed by atoms with van der Waals surface area (Å²) in [6.45, 7) is 8.76. The minimum Gasteiger partial charge on any atom is -0.357 e. The molecule has 2 atom stereocenters. The molecule has 28 heavy (non-hydrogen) atoms. The van der Waals surface area contributed by atoms with Crippen LogP contribution in [0.25, 0.3) is 0 Å². The summed E-state index contributed by atoms with van der Waals surface area (Å²) < 4.78 is 25.5. The summed E-state index contributed by atoms with van der Waals surface area (Å²) in [7, 11) is -3.04. The van der Waals surface area contributed by atoms with Crippen molar-refractivity contribution in [2.75, 3.05) is 45.0 Å². The van der Waals surface area contributed by atoms with E-state index in [4.69, 9.17) is 4.99 Å². The third-order valence-corrected chi connectivity index (χ3v) is 7.89. The first-order chi connectivity index (χ1) is 13.5. The van der Waals surface area contributed by atoms with Gasteiger partial charge in [-0.3, -0.25) is 4.99 Å². The zero-order valence-corrected chi connectivity index (χ0v) is 18.0. The van der Waals surface area contributed by atoms with Gasteiger partial charge in [-0.25, -0.2) is 12.7 Å². The first-order valence-corrected chi connectivity index (χ1v) is 12.2. The van der Waals surface area contributed by atoms with Crippen LogP contribution in [0.2, 0.25) is 0 Å². The molecule has 0 saturated carbocycles. The topological polar surface area (TPSA) is 65.0 Å². The molecule has 2 heterocycles. The average molecular weight is 407 g/mol. The number of nitrogens with zero attached hydrogens (tertiary/aromatic N) is 3. The quantitative estimate of drug-likeness (QED) is 0.582. The third kappa shape index (κ3) is 5.06. The third-order valence-electron chi connectivity index (χ3n) is 5.93. The lowest BCUT2D eigenvalue weighted by atomic mass is 9.79. The highest BCUT2D eigenvalue weighted by Gasteiger charge is 2.31. The van der Waals surface area contributed by atoms with Gasteiger partial charge in [0.15, 0.2) is 5.96 Å². The number of guanidine groups is 1. The van der Waals surface area contributed by atoms with Gasteiger partial charge in [-0.2, -0.15) is 0 Å². The van der Waals surface area contributed by atoms with Crippen LogP contribution in [0.1, 0.15) is 44.6 Å². The van der Waals surface area contributed by atoms with E-state index >= 15 is 0 Å². The Morgan fingerprint density at radius 2 is 2.00 bits per heavy atom. The van der Waals surface area contributed by atoms with E-state index in [2.05, 4.69) is 54.4 Å². The van der Waals surface area contributed by atoms with Gasteiger partial charge in [-0.1, -0.05) is 43.7 Å². The molecule has 156 valence electrons. The van der Waals surface area contributed by atoms with Crippen LogP contribution in [0.15, 0.2) is 35.3 Å². The summed E-state index contributed by atoms with van der Waals surface area (Å²) in [5, 5.41) is 3.41. The highest BCUT2D eigenvalue weighted by atomic mass is 32.2. The molecule has 0 aliphatic carbocycles. The van der Waals surface area contributed by atoms with Crippen LogP contribution in [-0.2, 0) is 10.0 Å². The van der Waals surface area contributed by atoms with E-state index in [1.165, 1.54) is 5.56 Å². The molecule has 1 aromatic carbocycles. The molecular formula is C21H34N4O2S. The first kappa shape index (κ1) is 21.1. The summed E-state index contributed by atoms with van der Waals surface area (Å²) in [4.78, 5) is 7.11. The SMILES string of the molecule is CCNC(=NCCN1CCCS1(=O)=O)N1CCC(c2ccccc2)C(CC)C1. The van der Waals surface area contributed by atoms with Gasteiger partial charge in [-0.15, -0.1) is 0 Å². The molecule has 1 N–H and O–H groups in total. The Hall–Kier alpha value is -1.60. The van der Waals surface area contributed by atoms with Gasteiger partial charge in [-0.05, 0) is 37.2 Å². The normalized spacial score (nSPS) is 25.8. The van der Waals surface area contributed by atoms with Crippen LogP contribution in [0.5, 0.6) is 0 Å². The van der Waals surface area contributed by atoms with Gasteiger partial charge >= 0.3 is 0 Å². The van der Waals surface area contributed by atoms with Crippen LogP contribution >= 0.6 is 0 Å². The van der Waals surface area contributed by atoms with Gasteiger partial charge < -0.3 is 10.2 Å². The summed E-state index contributed by atoms with van der Waals surface area (Å²) in [5.41, 5.74) is 1.44. The maximum Gasteiger partial charge on any atom is 0.214 e. The molecule has 0 bridgehead atoms. The predicted molar refractivity (Wildman–Crippen MR) is 115 cm³/mol. The number of piperidine rings is 1. The zero-order chi connectivity index (χ0) is 20.0. The van der Waals surface area contributed by atoms with Crippen LogP contribution in [0, 0.1) is 5.92 Å². The number of sulfonamides is 1. The molecule has 2 saturated heterocycles. The second-order valence-corrected chi connectivity index (χ2v) is 9.81. The van der Waals surface area contributed by atoms with Gasteiger partial charge in [0.1, 0.15) is 0 Å². The summed E-state index contributed by atoms with van der Waals surface area (Å²) >= 11 is 0. The smallest absolute Gasteiger partial charge is 0.214 e. The Morgan fingerprint density at radius 1 is 1.21 bits per heavy atom. The molecule has 7 heteroatoms. The van der Waals surface area contributed by atoms with Crippen molar-refractivity contribution in [3.63, 3.8) is 0 Å². The number of hydrogen-bond acceptors (Lipinski definition) is 3. The molecule has 3 rings (SSSR count). The number of rotatable bonds is 6. The summed E-state index contributed by atoms with van der Waals surface area (Å²) in [6.07, 6.45) is 2.99. The fourth-order valence-electron chi connectivity index (χ4n) is 4.41. The monoisotopic (exact) mass is 406 g/mol. The molecule has 1 aromatic rings. The maximum atomic E-state index is 12.0. The van der Waals surface area contributed by atoms with Crippen molar-refractivity contribution in [1.29, 1.82) is 0 Å². The molecule has 2 fully saturated rings. The molecule has 2 aliphatic rings. The molecule has 2 unspecified atom stereocenters. The molecule has 0 amide bonds. The lowest BCUT2D eigenvalue weighted by molar-refractivity contribution is 0.215. The maximum absolute atomic E-state index is 12.0. The van der Waals surface area contributed by atoms with Crippen LogP contribution in [0.3, 0.4) is 0 Å². The molecule has 0 radical (unpaired) electrons. The Morgan fingerprint density at radius 3 is 2.64 bits per heavy atom. The van der Waals surface area contributed by atoms with E-state index in [1.807, 2.05) is 0 Å². The Labute approximate surface area is 170 Å². The van der Waals surface area contributed by atoms with Crippen LogP contribution in [0.4, 0.5) is 0 Å². The second kappa shape index (κ2) is 9.74. The number of nitrogens with one attached hydrogen (secondary N) is 1. The first-order valence-electron chi connectivity index (χ1n) is 10.6. The molecule has 2 aliphatic heterocycles. The van der Waals surface area contributed by atoms with E-state index in [0.29, 0.717) is 31.5 Å². The molecule has 0 spiro atoms. The molecule has 6 nitrogen and oxygen atoms in total. The van der Waals surface area contributed by atoms with Gasteiger partial charge in [0.05, 0.1) is 12.3 Å². The van der Waals surface area contributed by atoms with E-state index in [9.17, 15) is 8.42 Å². The Bertz CT molecular complexity index is 751. The molecular weight excluding hydrogens is 372 g/mol. The van der Waals surface area contributed by atoms with Crippen molar-refractivity contribution in [2.24, 2.45) is 10.9 Å². The van der Waals surface area contributed by atoms with E-state index in [1.54, 1.807) is 4.31 Å². The average Bonchev–Trinajstić information content (AvgIpc) is 3.05. The van der Waals surface area contributed by atoms with Crippen molar-refractivity contribution in [1.82, 2.24) is 14.5 Å². The fraction of sp³-hybridized carbons (Fsp3) is 0.667. The minimum atomic E-state index is -3.04. The van der Waals surface area contributed by atoms with E-state index < -0.39 is 10.0 Å². The lowest BCUT2D eigenvalue weighted by Crippen LogP contribution is -2.48. The van der Waals surface area contributed by atoms with Gasteiger partial charge in [0, 0.05) is 32.7 Å². The fourth-order valence-corrected chi connectivity index (χ4v) is 5.93. The van der Waals surface area contributed by atoms with Crippen molar-refractivity contribution in [2.45, 2.75) is 39.0 Å². The van der Waals surface area contributed by atoms with Gasteiger partial charge in [0.2, 0.25) is 10.0 Å². The minimum absolute atomic E-state index is 0.280. The van der Waals surface area contributed by atoms with Crippen molar-refractivity contribution < 1.29 is 8.42 Å². The summed E-state index contributed by atoms with van der Waals surface area (Å²) in [5.74, 6) is 2.39. The highest BCUT2D eigenvalue weighted by molar-refractivity contribution is 7.89. The zero-order valence-electron chi connectivity index (χ0n) is 17.2. The largest absolute Gasteiger partial charge is 0.357 e. The predicted octanol–water partition coefficient (Wildman–Crippen LogP) is 2.50. The Kier molecular flexibility index (Phi) is 7.35. The number of benzene rings is 1. The molecule has 0 aromatic heterocycles. The number of aliphatic imine (C=N–C) groups is 1. The van der Waals surface area contributed by atoms with E-state index in [-0.39, 0.29) is 5.75 Å². The van der Waals surface area contributed by atoms with Gasteiger partial charge in [0.25, 0.3) is 0 Å². The summed E-state index contributed by atoms with van der Waals surface area (Å²) in [6, 6.07) is 10.8. The number of hydrogen-bond donors (Lipinski definition) is 1. The highest BCUT2D eigenvalue weighted by Crippen LogP contribution is 2.34. The number of likely N-dealkylation sites (tertiary alicyclic amines) is 1. The van der Waals surface area contributed by atoms with Crippen molar-refractivity contribution in [3.05, 3.63) is 35.9 Å². The van der Waals surface area contributed by atoms with Crippen molar-refractivity contribution in [3.8, 4) is 0 Å². The van der Waals surface area contributed by atoms with Crippen LogP contribution < -0.4 is 5.32 Å². The Balaban J connectivity index is 1.64. The van der Waals surface area contributed by atoms with Crippen LogP contribution in [-0.4, -0.2) is 68.6 Å². The second-order valence-electron chi connectivity index (χ2n) is 7.72. The van der Waals surface area contributed by atoms with Crippen molar-refractivity contribution >= 4 is 16.0 Å².